The molecule has 0 aliphatic carbocycles. The van der Waals surface area contributed by atoms with Gasteiger partial charge in [0.05, 0.1) is 24.8 Å². The average Bonchev–Trinajstić information content (AvgIpc) is 3.45. The smallest absolute Gasteiger partial charge is 0.416 e. The maximum absolute atomic E-state index is 12.7. The number of carbonyl (C=O) groups is 3. The number of ether oxygens (including phenoxy) is 1. The molecule has 2 saturated heterocycles. The molecule has 0 atom stereocenters. The molecule has 0 radical (unpaired) electrons. The second-order valence-corrected chi connectivity index (χ2v) is 11.6. The van der Waals surface area contributed by atoms with E-state index in [0.29, 0.717) is 42.3 Å². The molecule has 42 heavy (non-hydrogen) atoms. The molecule has 0 spiro atoms. The zero-order chi connectivity index (χ0) is 29.3. The van der Waals surface area contributed by atoms with Crippen molar-refractivity contribution in [2.24, 2.45) is 0 Å². The minimum atomic E-state index is -0.911. The topological polar surface area (TPSA) is 156 Å². The molecule has 222 valence electrons. The standard InChI is InChI=1S/C28H34N8O5S/c37-25(38)12-17-36-27(31-32-33-36)42-23-10-15-35(16-11-23)28(40)41-24-9-8-22(18-29-24)30-26(39)21-6-4-20(5-7-21)19-34-13-2-1-3-14-34/h4-9,18,23H,1-3,10-17,19H2,(H,30,39)(H,37,38). The number of aromatic nitrogens is 5. The van der Waals surface area contributed by atoms with E-state index in [-0.39, 0.29) is 30.0 Å². The minimum Gasteiger partial charge on any atom is -0.481 e. The van der Waals surface area contributed by atoms with E-state index in [2.05, 4.69) is 30.7 Å². The first-order valence-corrected chi connectivity index (χ1v) is 15.0. The number of thioether (sulfide) groups is 1. The number of likely N-dealkylation sites (tertiary alicyclic amines) is 2. The molecule has 2 aliphatic rings. The van der Waals surface area contributed by atoms with Gasteiger partial charge >= 0.3 is 12.1 Å². The van der Waals surface area contributed by atoms with Gasteiger partial charge < -0.3 is 20.1 Å². The molecular formula is C28H34N8O5S. The van der Waals surface area contributed by atoms with Crippen molar-refractivity contribution in [1.29, 1.82) is 0 Å². The van der Waals surface area contributed by atoms with E-state index >= 15 is 0 Å². The van der Waals surface area contributed by atoms with Crippen molar-refractivity contribution in [2.45, 2.75) is 62.0 Å². The molecular weight excluding hydrogens is 560 g/mol. The normalized spacial score (nSPS) is 16.2. The lowest BCUT2D eigenvalue weighted by molar-refractivity contribution is -0.137. The number of aryl methyl sites for hydroxylation is 1. The molecule has 3 aromatic rings. The Morgan fingerprint density at radius 1 is 1.00 bits per heavy atom. The lowest BCUT2D eigenvalue weighted by Gasteiger charge is -2.30. The van der Waals surface area contributed by atoms with Gasteiger partial charge in [-0.15, -0.1) is 5.10 Å². The molecule has 0 unspecified atom stereocenters. The molecule has 13 nitrogen and oxygen atoms in total. The minimum absolute atomic E-state index is 0.0584. The van der Waals surface area contributed by atoms with Crippen molar-refractivity contribution >= 4 is 35.4 Å². The number of carboxylic acid groups (broad SMARTS) is 1. The van der Waals surface area contributed by atoms with Crippen LogP contribution in [0.4, 0.5) is 10.5 Å². The van der Waals surface area contributed by atoms with Crippen LogP contribution in [0.25, 0.3) is 0 Å². The highest BCUT2D eigenvalue weighted by molar-refractivity contribution is 7.99. The second kappa shape index (κ2) is 14.2. The fourth-order valence-electron chi connectivity index (χ4n) is 4.94. The zero-order valence-electron chi connectivity index (χ0n) is 23.2. The van der Waals surface area contributed by atoms with Crippen molar-refractivity contribution < 1.29 is 24.2 Å². The number of carbonyl (C=O) groups excluding carboxylic acids is 2. The lowest BCUT2D eigenvalue weighted by atomic mass is 10.1. The Labute approximate surface area is 247 Å². The molecule has 2 N–H and O–H groups in total. The van der Waals surface area contributed by atoms with E-state index < -0.39 is 12.1 Å². The maximum atomic E-state index is 12.7. The fourth-order valence-corrected chi connectivity index (χ4v) is 6.01. The predicted molar refractivity (Wildman–Crippen MR) is 154 cm³/mol. The monoisotopic (exact) mass is 594 g/mol. The van der Waals surface area contributed by atoms with Gasteiger partial charge in [-0.3, -0.25) is 14.5 Å². The molecule has 1 aromatic carbocycles. The quantitative estimate of drug-likeness (QED) is 0.354. The van der Waals surface area contributed by atoms with E-state index in [1.807, 2.05) is 24.3 Å². The summed E-state index contributed by atoms with van der Waals surface area (Å²) in [4.78, 5) is 44.5. The van der Waals surface area contributed by atoms with Gasteiger partial charge in [-0.1, -0.05) is 30.3 Å². The van der Waals surface area contributed by atoms with Crippen LogP contribution in [-0.4, -0.2) is 89.5 Å². The zero-order valence-corrected chi connectivity index (χ0v) is 24.0. The molecule has 14 heteroatoms. The highest BCUT2D eigenvalue weighted by Gasteiger charge is 2.26. The third-order valence-corrected chi connectivity index (χ3v) is 8.57. The van der Waals surface area contributed by atoms with Crippen LogP contribution in [0.2, 0.25) is 0 Å². The van der Waals surface area contributed by atoms with E-state index in [1.165, 1.54) is 47.5 Å². The Hall–Kier alpha value is -4.04. The number of pyridine rings is 1. The van der Waals surface area contributed by atoms with Crippen molar-refractivity contribution in [2.75, 3.05) is 31.5 Å². The average molecular weight is 595 g/mol. The summed E-state index contributed by atoms with van der Waals surface area (Å²) in [5, 5.41) is 24.0. The van der Waals surface area contributed by atoms with Crippen LogP contribution in [0.1, 0.15) is 54.4 Å². The lowest BCUT2D eigenvalue weighted by Crippen LogP contribution is -2.41. The summed E-state index contributed by atoms with van der Waals surface area (Å²) in [6, 6.07) is 10.9. The Bertz CT molecular complexity index is 1350. The van der Waals surface area contributed by atoms with E-state index in [0.717, 1.165) is 19.6 Å². The van der Waals surface area contributed by atoms with E-state index in [9.17, 15) is 14.4 Å². The number of nitrogens with zero attached hydrogens (tertiary/aromatic N) is 7. The van der Waals surface area contributed by atoms with Crippen molar-refractivity contribution in [3.05, 3.63) is 53.7 Å². The third-order valence-electron chi connectivity index (χ3n) is 7.27. The number of rotatable bonds is 10. The first-order chi connectivity index (χ1) is 20.4. The van der Waals surface area contributed by atoms with Gasteiger partial charge in [-0.2, -0.15) is 0 Å². The molecule has 2 fully saturated rings. The largest absolute Gasteiger partial charge is 0.481 e. The number of nitrogens with one attached hydrogen (secondary N) is 1. The summed E-state index contributed by atoms with van der Waals surface area (Å²) in [5.74, 6) is -0.997. The van der Waals surface area contributed by atoms with Gasteiger partial charge in [0.1, 0.15) is 0 Å². The Kier molecular flexibility index (Phi) is 9.98. The first-order valence-electron chi connectivity index (χ1n) is 14.1. The van der Waals surface area contributed by atoms with Gasteiger partial charge in [0, 0.05) is 36.5 Å². The van der Waals surface area contributed by atoms with Gasteiger partial charge in [-0.05, 0) is 73.0 Å². The van der Waals surface area contributed by atoms with Gasteiger partial charge in [0.15, 0.2) is 0 Å². The molecule has 4 heterocycles. The number of aliphatic carboxylic acids is 1. The summed E-state index contributed by atoms with van der Waals surface area (Å²) in [6.07, 6.45) is 6.13. The maximum Gasteiger partial charge on any atom is 0.416 e. The van der Waals surface area contributed by atoms with Crippen molar-refractivity contribution in [1.82, 2.24) is 35.0 Å². The second-order valence-electron chi connectivity index (χ2n) is 10.4. The van der Waals surface area contributed by atoms with Gasteiger partial charge in [0.25, 0.3) is 5.91 Å². The first kappa shape index (κ1) is 29.5. The van der Waals surface area contributed by atoms with Gasteiger partial charge in [0.2, 0.25) is 11.0 Å². The fraction of sp³-hybridized carbons (Fsp3) is 0.464. The summed E-state index contributed by atoms with van der Waals surface area (Å²) in [6.45, 7) is 4.36. The molecule has 2 aromatic heterocycles. The Morgan fingerprint density at radius 3 is 2.45 bits per heavy atom. The third kappa shape index (κ3) is 8.26. The number of hydrogen-bond acceptors (Lipinski definition) is 10. The van der Waals surface area contributed by atoms with Crippen molar-refractivity contribution in [3.63, 3.8) is 0 Å². The molecule has 2 aliphatic heterocycles. The van der Waals surface area contributed by atoms with E-state index in [1.54, 1.807) is 17.0 Å². The number of piperidine rings is 2. The van der Waals surface area contributed by atoms with Crippen molar-refractivity contribution in [3.8, 4) is 5.88 Å². The highest BCUT2D eigenvalue weighted by atomic mass is 32.2. The summed E-state index contributed by atoms with van der Waals surface area (Å²) in [5.41, 5.74) is 2.26. The van der Waals surface area contributed by atoms with Crippen LogP contribution in [-0.2, 0) is 17.9 Å². The summed E-state index contributed by atoms with van der Waals surface area (Å²) >= 11 is 1.49. The van der Waals surface area contributed by atoms with Crippen LogP contribution < -0.4 is 10.1 Å². The SMILES string of the molecule is O=C(O)CCn1nnnc1SC1CCN(C(=O)Oc2ccc(NC(=O)c3ccc(CN4CCCCC4)cc3)cn2)CC1. The molecule has 5 rings (SSSR count). The van der Waals surface area contributed by atoms with Crippen LogP contribution >= 0.6 is 11.8 Å². The van der Waals surface area contributed by atoms with Crippen LogP contribution in [0.5, 0.6) is 5.88 Å². The molecule has 2 amide bonds. The number of amides is 2. The van der Waals surface area contributed by atoms with Gasteiger partial charge in [-0.25, -0.2) is 14.5 Å². The van der Waals surface area contributed by atoms with Crippen LogP contribution in [0, 0.1) is 0 Å². The highest BCUT2D eigenvalue weighted by Crippen LogP contribution is 2.29. The molecule has 0 saturated carbocycles. The number of carboxylic acids is 1. The summed E-state index contributed by atoms with van der Waals surface area (Å²) in [7, 11) is 0. The van der Waals surface area contributed by atoms with E-state index in [4.69, 9.17) is 9.84 Å². The number of benzene rings is 1. The molecule has 0 bridgehead atoms. The van der Waals surface area contributed by atoms with Crippen LogP contribution in [0.3, 0.4) is 0 Å². The number of anilines is 1. The van der Waals surface area contributed by atoms with Crippen LogP contribution in [0.15, 0.2) is 47.8 Å². The predicted octanol–water partition coefficient (Wildman–Crippen LogP) is 3.54. The summed E-state index contributed by atoms with van der Waals surface area (Å²) < 4.78 is 6.94. The number of hydrogen-bond donors (Lipinski definition) is 2. The Balaban J connectivity index is 1.05. The number of tetrazole rings is 1. The Morgan fingerprint density at radius 2 is 1.76 bits per heavy atom.